The third-order valence-corrected chi connectivity index (χ3v) is 4.10. The van der Waals surface area contributed by atoms with E-state index in [1.807, 2.05) is 0 Å². The van der Waals surface area contributed by atoms with Gasteiger partial charge in [-0.2, -0.15) is 0 Å². The molecule has 0 atom stereocenters. The molecule has 0 aliphatic rings. The summed E-state index contributed by atoms with van der Waals surface area (Å²) < 4.78 is 16.1. The van der Waals surface area contributed by atoms with E-state index >= 15 is 0 Å². The van der Waals surface area contributed by atoms with Crippen LogP contribution in [0.25, 0.3) is 10.9 Å². The Balaban J connectivity index is 2.05. The molecule has 0 saturated carbocycles. The van der Waals surface area contributed by atoms with Crippen molar-refractivity contribution < 1.29 is 19.0 Å². The van der Waals surface area contributed by atoms with Crippen LogP contribution in [0.3, 0.4) is 0 Å². The lowest BCUT2D eigenvalue weighted by molar-refractivity contribution is 0.0737. The smallest absolute Gasteiger partial charge is 0.345 e. The summed E-state index contributed by atoms with van der Waals surface area (Å²) >= 11 is 11.9. The minimum Gasteiger partial charge on any atom is -0.497 e. The van der Waals surface area contributed by atoms with Crippen LogP contribution < -0.4 is 14.2 Å². The van der Waals surface area contributed by atoms with E-state index in [1.165, 1.54) is 25.4 Å². The van der Waals surface area contributed by atoms with Crippen molar-refractivity contribution in [3.63, 3.8) is 0 Å². The Morgan fingerprint density at radius 2 is 1.80 bits per heavy atom. The highest BCUT2D eigenvalue weighted by atomic mass is 35.5. The first-order valence-corrected chi connectivity index (χ1v) is 7.97. The number of esters is 1. The lowest BCUT2D eigenvalue weighted by Gasteiger charge is -2.12. The molecule has 0 bridgehead atoms. The second-order valence-electron chi connectivity index (χ2n) is 5.05. The number of hydrogen-bond acceptors (Lipinski definition) is 5. The molecule has 0 unspecified atom stereocenters. The summed E-state index contributed by atoms with van der Waals surface area (Å²) in [5, 5.41) is 1.21. The van der Waals surface area contributed by atoms with E-state index < -0.39 is 5.97 Å². The predicted molar refractivity (Wildman–Crippen MR) is 96.3 cm³/mol. The van der Waals surface area contributed by atoms with Crippen molar-refractivity contribution in [2.45, 2.75) is 0 Å². The van der Waals surface area contributed by atoms with Gasteiger partial charge in [-0.1, -0.05) is 23.2 Å². The van der Waals surface area contributed by atoms with Crippen molar-refractivity contribution in [1.29, 1.82) is 0 Å². The van der Waals surface area contributed by atoms with Crippen molar-refractivity contribution in [1.82, 2.24) is 4.98 Å². The Labute approximate surface area is 154 Å². The monoisotopic (exact) mass is 377 g/mol. The Morgan fingerprint density at radius 1 is 1.00 bits per heavy atom. The summed E-state index contributed by atoms with van der Waals surface area (Å²) in [5.41, 5.74) is 0.784. The molecule has 0 amide bonds. The molecule has 7 heteroatoms. The largest absolute Gasteiger partial charge is 0.497 e. The molecule has 0 aliphatic carbocycles. The highest BCUT2D eigenvalue weighted by molar-refractivity contribution is 6.36. The molecule has 128 valence electrons. The molecule has 0 fully saturated rings. The third kappa shape index (κ3) is 3.48. The van der Waals surface area contributed by atoms with Gasteiger partial charge in [-0.05, 0) is 18.2 Å². The van der Waals surface area contributed by atoms with Crippen LogP contribution >= 0.6 is 23.2 Å². The molecular formula is C18H13Cl2NO4. The summed E-state index contributed by atoms with van der Waals surface area (Å²) in [7, 11) is 3.07. The van der Waals surface area contributed by atoms with Gasteiger partial charge < -0.3 is 14.2 Å². The van der Waals surface area contributed by atoms with Crippen LogP contribution in [0.15, 0.2) is 42.6 Å². The lowest BCUT2D eigenvalue weighted by Crippen LogP contribution is -2.09. The van der Waals surface area contributed by atoms with Gasteiger partial charge in [0.25, 0.3) is 0 Å². The number of carbonyl (C=O) groups is 1. The van der Waals surface area contributed by atoms with E-state index in [4.69, 9.17) is 37.4 Å². The first kappa shape index (κ1) is 17.3. The summed E-state index contributed by atoms with van der Waals surface area (Å²) in [6, 6.07) is 9.56. The van der Waals surface area contributed by atoms with Crippen molar-refractivity contribution in [3.8, 4) is 17.2 Å². The van der Waals surface area contributed by atoms with Crippen LogP contribution in [-0.4, -0.2) is 25.2 Å². The number of hydrogen-bond donors (Lipinski definition) is 0. The van der Waals surface area contributed by atoms with Crippen LogP contribution in [0.1, 0.15) is 10.4 Å². The number of halogens is 2. The number of aromatic nitrogens is 1. The first-order valence-electron chi connectivity index (χ1n) is 7.21. The topological polar surface area (TPSA) is 57.7 Å². The molecule has 3 rings (SSSR count). The van der Waals surface area contributed by atoms with Crippen LogP contribution in [-0.2, 0) is 0 Å². The molecule has 0 saturated heterocycles. The van der Waals surface area contributed by atoms with Gasteiger partial charge in [-0.15, -0.1) is 0 Å². The Kier molecular flexibility index (Phi) is 4.97. The molecule has 2 aromatic carbocycles. The van der Waals surface area contributed by atoms with Gasteiger partial charge in [0.2, 0.25) is 0 Å². The number of rotatable bonds is 4. The quantitative estimate of drug-likeness (QED) is 0.612. The average molecular weight is 378 g/mol. The van der Waals surface area contributed by atoms with Gasteiger partial charge in [-0.3, -0.25) is 4.98 Å². The Morgan fingerprint density at radius 3 is 2.48 bits per heavy atom. The number of benzene rings is 2. The summed E-state index contributed by atoms with van der Waals surface area (Å²) in [5.74, 6) is 0.765. The summed E-state index contributed by atoms with van der Waals surface area (Å²) in [6.45, 7) is 0. The van der Waals surface area contributed by atoms with Crippen LogP contribution in [0.5, 0.6) is 17.2 Å². The molecule has 3 aromatic rings. The number of methoxy groups -OCH3 is 2. The van der Waals surface area contributed by atoms with E-state index in [0.29, 0.717) is 33.2 Å². The van der Waals surface area contributed by atoms with Crippen molar-refractivity contribution in [2.24, 2.45) is 0 Å². The molecule has 1 heterocycles. The van der Waals surface area contributed by atoms with Gasteiger partial charge >= 0.3 is 5.97 Å². The normalized spacial score (nSPS) is 10.6. The van der Waals surface area contributed by atoms with Gasteiger partial charge in [0.05, 0.1) is 35.7 Å². The second-order valence-corrected chi connectivity index (χ2v) is 5.89. The number of pyridine rings is 1. The standard InChI is InChI=1S/C18H13Cl2NO4/c1-23-11-8-14-17(16(9-11)24-2)15(5-6-21-14)25-18(22)12-4-3-10(19)7-13(12)20/h3-9H,1-2H3. The predicted octanol–water partition coefficient (Wildman–Crippen LogP) is 4.78. The van der Waals surface area contributed by atoms with Crippen LogP contribution in [0.4, 0.5) is 0 Å². The summed E-state index contributed by atoms with van der Waals surface area (Å²) in [4.78, 5) is 16.8. The van der Waals surface area contributed by atoms with Gasteiger partial charge in [0.15, 0.2) is 0 Å². The van der Waals surface area contributed by atoms with E-state index in [1.54, 1.807) is 31.4 Å². The fourth-order valence-corrected chi connectivity index (χ4v) is 2.85. The zero-order valence-corrected chi connectivity index (χ0v) is 14.9. The summed E-state index contributed by atoms with van der Waals surface area (Å²) in [6.07, 6.45) is 1.54. The Bertz CT molecular complexity index is 959. The Hall–Kier alpha value is -2.50. The lowest BCUT2D eigenvalue weighted by atomic mass is 10.1. The highest BCUT2D eigenvalue weighted by Crippen LogP contribution is 2.36. The maximum Gasteiger partial charge on any atom is 0.345 e. The molecule has 0 N–H and O–H groups in total. The fraction of sp³-hybridized carbons (Fsp3) is 0.111. The van der Waals surface area contributed by atoms with E-state index in [2.05, 4.69) is 4.98 Å². The van der Waals surface area contributed by atoms with Crippen molar-refractivity contribution in [3.05, 3.63) is 58.2 Å². The van der Waals surface area contributed by atoms with E-state index in [9.17, 15) is 4.79 Å². The number of carbonyl (C=O) groups excluding carboxylic acids is 1. The zero-order chi connectivity index (χ0) is 18.0. The van der Waals surface area contributed by atoms with E-state index in [-0.39, 0.29) is 10.6 Å². The van der Waals surface area contributed by atoms with Crippen LogP contribution in [0.2, 0.25) is 10.0 Å². The average Bonchev–Trinajstić information content (AvgIpc) is 2.60. The first-order chi connectivity index (χ1) is 12.0. The minimum atomic E-state index is -0.605. The SMILES string of the molecule is COc1cc(OC)c2c(OC(=O)c3ccc(Cl)cc3Cl)ccnc2c1. The molecule has 0 spiro atoms. The highest BCUT2D eigenvalue weighted by Gasteiger charge is 2.17. The van der Waals surface area contributed by atoms with E-state index in [0.717, 1.165) is 0 Å². The second kappa shape index (κ2) is 7.17. The maximum absolute atomic E-state index is 12.5. The fourth-order valence-electron chi connectivity index (χ4n) is 2.37. The zero-order valence-electron chi connectivity index (χ0n) is 13.4. The molecule has 5 nitrogen and oxygen atoms in total. The third-order valence-electron chi connectivity index (χ3n) is 3.55. The number of ether oxygens (including phenoxy) is 3. The molecule has 1 aromatic heterocycles. The number of nitrogens with zero attached hydrogens (tertiary/aromatic N) is 1. The molecule has 25 heavy (non-hydrogen) atoms. The molecular weight excluding hydrogens is 365 g/mol. The molecule has 0 radical (unpaired) electrons. The minimum absolute atomic E-state index is 0.212. The number of fused-ring (bicyclic) bond motifs is 1. The van der Waals surface area contributed by atoms with Gasteiger partial charge in [0, 0.05) is 29.4 Å². The van der Waals surface area contributed by atoms with Crippen molar-refractivity contribution in [2.75, 3.05) is 14.2 Å². The van der Waals surface area contributed by atoms with Crippen molar-refractivity contribution >= 4 is 40.1 Å². The molecule has 0 aliphatic heterocycles. The van der Waals surface area contributed by atoms with Crippen LogP contribution in [0, 0.1) is 0 Å². The van der Waals surface area contributed by atoms with Gasteiger partial charge in [0.1, 0.15) is 17.2 Å². The van der Waals surface area contributed by atoms with Gasteiger partial charge in [-0.25, -0.2) is 4.79 Å². The maximum atomic E-state index is 12.5.